The molecule has 5 nitrogen and oxygen atoms in total. The monoisotopic (exact) mass is 376 g/mol. The summed E-state index contributed by atoms with van der Waals surface area (Å²) in [7, 11) is 0. The number of likely N-dealkylation sites (tertiary alicyclic amines) is 1. The molecule has 28 heavy (non-hydrogen) atoms. The van der Waals surface area contributed by atoms with Crippen LogP contribution in [0.1, 0.15) is 30.0 Å². The van der Waals surface area contributed by atoms with Crippen molar-refractivity contribution in [2.45, 2.75) is 25.2 Å². The highest BCUT2D eigenvalue weighted by atomic mass is 19.1. The molecule has 0 radical (unpaired) electrons. The number of aromatic nitrogens is 3. The van der Waals surface area contributed by atoms with Crippen LogP contribution in [0.25, 0.3) is 11.4 Å². The molecule has 4 rings (SSSR count). The average Bonchev–Trinajstić information content (AvgIpc) is 2.76. The summed E-state index contributed by atoms with van der Waals surface area (Å²) in [6, 6.07) is 11.8. The SMILES string of the molecule is O=C(Cc1ccc(F)cc1)N1CCC[C@@H](c2ccnc(-c3cccnc3)n2)C1. The maximum atomic E-state index is 13.1. The van der Waals surface area contributed by atoms with E-state index in [1.807, 2.05) is 23.1 Å². The average molecular weight is 376 g/mol. The quantitative estimate of drug-likeness (QED) is 0.698. The lowest BCUT2D eigenvalue weighted by Crippen LogP contribution is -2.40. The summed E-state index contributed by atoms with van der Waals surface area (Å²) in [5.74, 6) is 0.616. The van der Waals surface area contributed by atoms with Crippen molar-refractivity contribution in [2.75, 3.05) is 13.1 Å². The summed E-state index contributed by atoms with van der Waals surface area (Å²) in [5, 5.41) is 0. The zero-order valence-electron chi connectivity index (χ0n) is 15.5. The Morgan fingerprint density at radius 1 is 1.14 bits per heavy atom. The Morgan fingerprint density at radius 2 is 2.00 bits per heavy atom. The Balaban J connectivity index is 1.46. The minimum absolute atomic E-state index is 0.0675. The standard InChI is InChI=1S/C22H21FN4O/c23-19-7-5-16(6-8-19)13-21(28)27-12-2-4-18(15-27)20-9-11-25-22(26-20)17-3-1-10-24-14-17/h1,3,5-11,14,18H,2,4,12-13,15H2/t18-/m1/s1. The number of rotatable bonds is 4. The van der Waals surface area contributed by atoms with E-state index in [0.717, 1.165) is 36.2 Å². The van der Waals surface area contributed by atoms with Gasteiger partial charge in [0, 0.05) is 48.9 Å². The summed E-state index contributed by atoms with van der Waals surface area (Å²) in [5.41, 5.74) is 2.66. The molecule has 6 heteroatoms. The molecular weight excluding hydrogens is 355 g/mol. The summed E-state index contributed by atoms with van der Waals surface area (Å²) in [4.78, 5) is 27.8. The summed E-state index contributed by atoms with van der Waals surface area (Å²) in [6.07, 6.45) is 7.45. The van der Waals surface area contributed by atoms with Gasteiger partial charge in [0.25, 0.3) is 0 Å². The molecule has 0 bridgehead atoms. The number of nitrogens with zero attached hydrogens (tertiary/aromatic N) is 4. The minimum atomic E-state index is -0.289. The van der Waals surface area contributed by atoms with E-state index in [1.54, 1.807) is 30.7 Å². The van der Waals surface area contributed by atoms with E-state index < -0.39 is 0 Å². The van der Waals surface area contributed by atoms with Gasteiger partial charge in [-0.15, -0.1) is 0 Å². The van der Waals surface area contributed by atoms with Gasteiger partial charge in [0.1, 0.15) is 5.82 Å². The predicted octanol–water partition coefficient (Wildman–Crippen LogP) is 3.63. The van der Waals surface area contributed by atoms with Crippen molar-refractivity contribution in [3.63, 3.8) is 0 Å². The fraction of sp³-hybridized carbons (Fsp3) is 0.273. The summed E-state index contributed by atoms with van der Waals surface area (Å²) in [6.45, 7) is 1.39. The lowest BCUT2D eigenvalue weighted by molar-refractivity contribution is -0.131. The van der Waals surface area contributed by atoms with Crippen LogP contribution in [0.4, 0.5) is 4.39 Å². The van der Waals surface area contributed by atoms with Crippen LogP contribution in [0.2, 0.25) is 0 Å². The van der Waals surface area contributed by atoms with Gasteiger partial charge in [-0.1, -0.05) is 12.1 Å². The van der Waals surface area contributed by atoms with E-state index in [4.69, 9.17) is 4.98 Å². The molecule has 1 aliphatic heterocycles. The van der Waals surface area contributed by atoms with Crippen LogP contribution in [0.3, 0.4) is 0 Å². The predicted molar refractivity (Wildman–Crippen MR) is 104 cm³/mol. The Morgan fingerprint density at radius 3 is 2.79 bits per heavy atom. The number of carbonyl (C=O) groups is 1. The minimum Gasteiger partial charge on any atom is -0.342 e. The first-order chi connectivity index (χ1) is 13.7. The van der Waals surface area contributed by atoms with Crippen molar-refractivity contribution in [2.24, 2.45) is 0 Å². The first-order valence-electron chi connectivity index (χ1n) is 9.44. The molecule has 0 saturated carbocycles. The van der Waals surface area contributed by atoms with Crippen LogP contribution in [-0.4, -0.2) is 38.8 Å². The first-order valence-corrected chi connectivity index (χ1v) is 9.44. The molecule has 1 atom stereocenters. The van der Waals surface area contributed by atoms with Crippen molar-refractivity contribution in [1.82, 2.24) is 19.9 Å². The molecule has 1 aromatic carbocycles. The van der Waals surface area contributed by atoms with Gasteiger partial charge in [0.05, 0.1) is 6.42 Å². The fourth-order valence-corrected chi connectivity index (χ4v) is 3.57. The molecule has 0 aliphatic carbocycles. The largest absolute Gasteiger partial charge is 0.342 e. The number of pyridine rings is 1. The molecule has 3 heterocycles. The van der Waals surface area contributed by atoms with Crippen LogP contribution in [-0.2, 0) is 11.2 Å². The number of hydrogen-bond acceptors (Lipinski definition) is 4. The van der Waals surface area contributed by atoms with Gasteiger partial charge in [-0.3, -0.25) is 9.78 Å². The zero-order chi connectivity index (χ0) is 19.3. The van der Waals surface area contributed by atoms with Gasteiger partial charge in [0.15, 0.2) is 5.82 Å². The number of piperidine rings is 1. The molecule has 0 unspecified atom stereocenters. The van der Waals surface area contributed by atoms with Crippen LogP contribution in [0, 0.1) is 5.82 Å². The molecule has 1 saturated heterocycles. The third-order valence-electron chi connectivity index (χ3n) is 5.06. The van der Waals surface area contributed by atoms with E-state index in [1.165, 1.54) is 12.1 Å². The number of benzene rings is 1. The van der Waals surface area contributed by atoms with Crippen molar-refractivity contribution >= 4 is 5.91 Å². The Bertz CT molecular complexity index is 946. The summed E-state index contributed by atoms with van der Waals surface area (Å²) < 4.78 is 13.1. The zero-order valence-corrected chi connectivity index (χ0v) is 15.5. The first kappa shape index (κ1) is 18.2. The number of carbonyl (C=O) groups excluding carboxylic acids is 1. The van der Waals surface area contributed by atoms with E-state index in [9.17, 15) is 9.18 Å². The second-order valence-electron chi connectivity index (χ2n) is 7.03. The van der Waals surface area contributed by atoms with Gasteiger partial charge in [-0.05, 0) is 48.7 Å². The maximum Gasteiger partial charge on any atom is 0.227 e. The highest BCUT2D eigenvalue weighted by molar-refractivity contribution is 5.79. The van der Waals surface area contributed by atoms with E-state index in [0.29, 0.717) is 12.4 Å². The van der Waals surface area contributed by atoms with Crippen molar-refractivity contribution in [1.29, 1.82) is 0 Å². The van der Waals surface area contributed by atoms with Crippen LogP contribution in [0.15, 0.2) is 61.1 Å². The third-order valence-corrected chi connectivity index (χ3v) is 5.06. The Kier molecular flexibility index (Phi) is 5.37. The number of hydrogen-bond donors (Lipinski definition) is 0. The second kappa shape index (κ2) is 8.25. The molecule has 0 N–H and O–H groups in total. The van der Waals surface area contributed by atoms with Crippen LogP contribution >= 0.6 is 0 Å². The van der Waals surface area contributed by atoms with Gasteiger partial charge in [-0.25, -0.2) is 14.4 Å². The van der Waals surface area contributed by atoms with Crippen molar-refractivity contribution in [3.8, 4) is 11.4 Å². The van der Waals surface area contributed by atoms with Gasteiger partial charge in [-0.2, -0.15) is 0 Å². The lowest BCUT2D eigenvalue weighted by atomic mass is 9.94. The van der Waals surface area contributed by atoms with E-state index >= 15 is 0 Å². The molecule has 1 aliphatic rings. The molecule has 3 aromatic rings. The molecule has 1 amide bonds. The Labute approximate surface area is 163 Å². The summed E-state index contributed by atoms with van der Waals surface area (Å²) >= 11 is 0. The van der Waals surface area contributed by atoms with E-state index in [-0.39, 0.29) is 24.1 Å². The van der Waals surface area contributed by atoms with Crippen molar-refractivity contribution < 1.29 is 9.18 Å². The van der Waals surface area contributed by atoms with Gasteiger partial charge < -0.3 is 4.90 Å². The molecular formula is C22H21FN4O. The third kappa shape index (κ3) is 4.22. The maximum absolute atomic E-state index is 13.1. The van der Waals surface area contributed by atoms with Crippen molar-refractivity contribution in [3.05, 3.63) is 78.1 Å². The molecule has 0 spiro atoms. The fourth-order valence-electron chi connectivity index (χ4n) is 3.57. The van der Waals surface area contributed by atoms with Crippen LogP contribution < -0.4 is 0 Å². The molecule has 142 valence electrons. The number of amides is 1. The van der Waals surface area contributed by atoms with Gasteiger partial charge >= 0.3 is 0 Å². The van der Waals surface area contributed by atoms with E-state index in [2.05, 4.69) is 9.97 Å². The number of halogens is 1. The normalized spacial score (nSPS) is 16.8. The smallest absolute Gasteiger partial charge is 0.227 e. The van der Waals surface area contributed by atoms with Crippen LogP contribution in [0.5, 0.6) is 0 Å². The highest BCUT2D eigenvalue weighted by Gasteiger charge is 2.26. The second-order valence-corrected chi connectivity index (χ2v) is 7.03. The molecule has 2 aromatic heterocycles. The Hall–Kier alpha value is -3.15. The highest BCUT2D eigenvalue weighted by Crippen LogP contribution is 2.27. The molecule has 1 fully saturated rings. The van der Waals surface area contributed by atoms with Gasteiger partial charge in [0.2, 0.25) is 5.91 Å². The topological polar surface area (TPSA) is 59.0 Å². The lowest BCUT2D eigenvalue weighted by Gasteiger charge is -2.32.